The number of nitrogens with zero attached hydrogens (tertiary/aromatic N) is 3. The van der Waals surface area contributed by atoms with Crippen molar-refractivity contribution in [2.75, 3.05) is 5.32 Å². The molecule has 0 spiro atoms. The molecule has 0 saturated heterocycles. The molecule has 110 valence electrons. The number of nitro groups is 1. The number of carbonyl (C=O) groups is 1. The topological polar surface area (TPSA) is 90.1 Å². The monoisotopic (exact) mass is 352 g/mol. The van der Waals surface area contributed by atoms with Crippen LogP contribution in [-0.4, -0.2) is 20.6 Å². The average molecular weight is 353 g/mol. The Morgan fingerprint density at radius 3 is 2.90 bits per heavy atom. The molecular formula is C13H13BrN4O3. The molecule has 8 heteroatoms. The summed E-state index contributed by atoms with van der Waals surface area (Å²) in [6.07, 6.45) is 2.65. The molecule has 1 aromatic heterocycles. The first-order valence-electron chi connectivity index (χ1n) is 6.18. The van der Waals surface area contributed by atoms with Gasteiger partial charge in [0.2, 0.25) is 5.91 Å². The van der Waals surface area contributed by atoms with Crippen molar-refractivity contribution >= 4 is 33.2 Å². The molecule has 0 saturated carbocycles. The maximum Gasteiger partial charge on any atom is 0.306 e. The standard InChI is InChI=1S/C13H13BrN4O3/c1-9-2-3-10(6-12(9)14)16-13(19)4-5-17-8-11(7-15-17)18(20)21/h2-3,6-8H,4-5H2,1H3,(H,16,19). The molecule has 0 aliphatic rings. The van der Waals surface area contributed by atoms with E-state index in [0.717, 1.165) is 16.2 Å². The van der Waals surface area contributed by atoms with Gasteiger partial charge in [-0.15, -0.1) is 0 Å². The first-order valence-corrected chi connectivity index (χ1v) is 6.98. The van der Waals surface area contributed by atoms with Crippen LogP contribution >= 0.6 is 15.9 Å². The number of rotatable bonds is 5. The molecule has 0 aliphatic carbocycles. The van der Waals surface area contributed by atoms with Gasteiger partial charge in [0.15, 0.2) is 0 Å². The summed E-state index contributed by atoms with van der Waals surface area (Å²) in [5.41, 5.74) is 1.69. The molecule has 0 fully saturated rings. The summed E-state index contributed by atoms with van der Waals surface area (Å²) >= 11 is 3.40. The maximum absolute atomic E-state index is 11.8. The van der Waals surface area contributed by atoms with Gasteiger partial charge in [0.05, 0.1) is 4.92 Å². The molecule has 2 aromatic rings. The van der Waals surface area contributed by atoms with E-state index in [2.05, 4.69) is 26.3 Å². The Kier molecular flexibility index (Phi) is 4.69. The van der Waals surface area contributed by atoms with Gasteiger partial charge in [0.25, 0.3) is 0 Å². The molecule has 0 aliphatic heterocycles. The van der Waals surface area contributed by atoms with Gasteiger partial charge in [-0.1, -0.05) is 22.0 Å². The predicted molar refractivity (Wildman–Crippen MR) is 81.0 cm³/mol. The molecule has 1 N–H and O–H groups in total. The largest absolute Gasteiger partial charge is 0.326 e. The highest BCUT2D eigenvalue weighted by molar-refractivity contribution is 9.10. The summed E-state index contributed by atoms with van der Waals surface area (Å²) in [6.45, 7) is 2.24. The molecule has 1 aromatic carbocycles. The van der Waals surface area contributed by atoms with Gasteiger partial charge in [-0.2, -0.15) is 5.10 Å². The number of halogens is 1. The number of aryl methyl sites for hydroxylation is 2. The number of nitrogens with one attached hydrogen (secondary N) is 1. The van der Waals surface area contributed by atoms with Crippen LogP contribution in [0.15, 0.2) is 35.1 Å². The molecule has 0 atom stereocenters. The number of anilines is 1. The normalized spacial score (nSPS) is 10.4. The summed E-state index contributed by atoms with van der Waals surface area (Å²) in [6, 6.07) is 5.54. The molecule has 1 heterocycles. The number of benzene rings is 1. The third-order valence-electron chi connectivity index (χ3n) is 2.85. The van der Waals surface area contributed by atoms with Crippen molar-refractivity contribution < 1.29 is 9.72 Å². The first-order chi connectivity index (χ1) is 9.95. The zero-order valence-electron chi connectivity index (χ0n) is 11.2. The van der Waals surface area contributed by atoms with E-state index >= 15 is 0 Å². The Morgan fingerprint density at radius 1 is 1.52 bits per heavy atom. The van der Waals surface area contributed by atoms with Crippen LogP contribution in [-0.2, 0) is 11.3 Å². The molecule has 0 radical (unpaired) electrons. The third kappa shape index (κ3) is 4.12. The van der Waals surface area contributed by atoms with Gasteiger partial charge < -0.3 is 5.32 Å². The summed E-state index contributed by atoms with van der Waals surface area (Å²) in [7, 11) is 0. The van der Waals surface area contributed by atoms with Crippen LogP contribution in [0.2, 0.25) is 0 Å². The molecule has 2 rings (SSSR count). The van der Waals surface area contributed by atoms with Crippen molar-refractivity contribution in [2.45, 2.75) is 19.9 Å². The lowest BCUT2D eigenvalue weighted by Gasteiger charge is -2.07. The Hall–Kier alpha value is -2.22. The second kappa shape index (κ2) is 6.49. The fourth-order valence-corrected chi connectivity index (χ4v) is 2.06. The van der Waals surface area contributed by atoms with Crippen LogP contribution in [0.3, 0.4) is 0 Å². The Balaban J connectivity index is 1.89. The highest BCUT2D eigenvalue weighted by Gasteiger charge is 2.10. The average Bonchev–Trinajstić information content (AvgIpc) is 2.90. The zero-order chi connectivity index (χ0) is 15.4. The van der Waals surface area contributed by atoms with Crippen LogP contribution in [0, 0.1) is 17.0 Å². The van der Waals surface area contributed by atoms with Crippen LogP contribution in [0.5, 0.6) is 0 Å². The second-order valence-electron chi connectivity index (χ2n) is 4.48. The molecule has 21 heavy (non-hydrogen) atoms. The van der Waals surface area contributed by atoms with E-state index in [0.29, 0.717) is 5.69 Å². The molecule has 0 unspecified atom stereocenters. The summed E-state index contributed by atoms with van der Waals surface area (Å²) < 4.78 is 2.30. The minimum atomic E-state index is -0.520. The van der Waals surface area contributed by atoms with Gasteiger partial charge >= 0.3 is 5.69 Å². The number of amides is 1. The second-order valence-corrected chi connectivity index (χ2v) is 5.34. The van der Waals surface area contributed by atoms with E-state index in [-0.39, 0.29) is 24.6 Å². The minimum Gasteiger partial charge on any atom is -0.326 e. The number of hydrogen-bond acceptors (Lipinski definition) is 4. The molecule has 0 bridgehead atoms. The fourth-order valence-electron chi connectivity index (χ4n) is 1.68. The van der Waals surface area contributed by atoms with Crippen LogP contribution in [0.4, 0.5) is 11.4 Å². The van der Waals surface area contributed by atoms with Gasteiger partial charge in [-0.25, -0.2) is 0 Å². The highest BCUT2D eigenvalue weighted by atomic mass is 79.9. The third-order valence-corrected chi connectivity index (χ3v) is 3.71. The Morgan fingerprint density at radius 2 is 2.29 bits per heavy atom. The van der Waals surface area contributed by atoms with Gasteiger partial charge in [0.1, 0.15) is 12.4 Å². The summed E-state index contributed by atoms with van der Waals surface area (Å²) in [4.78, 5) is 21.8. The highest BCUT2D eigenvalue weighted by Crippen LogP contribution is 2.20. The van der Waals surface area contributed by atoms with Crippen molar-refractivity contribution in [3.8, 4) is 0 Å². The Bertz CT molecular complexity index is 684. The van der Waals surface area contributed by atoms with Crippen LogP contribution in [0.25, 0.3) is 0 Å². The Labute approximate surface area is 129 Å². The van der Waals surface area contributed by atoms with E-state index < -0.39 is 4.92 Å². The van der Waals surface area contributed by atoms with E-state index in [1.165, 1.54) is 10.9 Å². The number of aromatic nitrogens is 2. The zero-order valence-corrected chi connectivity index (χ0v) is 12.8. The maximum atomic E-state index is 11.8. The van der Waals surface area contributed by atoms with Crippen molar-refractivity contribution in [1.29, 1.82) is 0 Å². The van der Waals surface area contributed by atoms with E-state index in [1.807, 2.05) is 25.1 Å². The molecule has 1 amide bonds. The van der Waals surface area contributed by atoms with E-state index in [4.69, 9.17) is 0 Å². The smallest absolute Gasteiger partial charge is 0.306 e. The predicted octanol–water partition coefficient (Wildman–Crippen LogP) is 2.89. The summed E-state index contributed by atoms with van der Waals surface area (Å²) in [5.74, 6) is -0.177. The lowest BCUT2D eigenvalue weighted by molar-refractivity contribution is -0.385. The number of hydrogen-bond donors (Lipinski definition) is 1. The lowest BCUT2D eigenvalue weighted by atomic mass is 10.2. The van der Waals surface area contributed by atoms with Crippen molar-refractivity contribution in [2.24, 2.45) is 0 Å². The van der Waals surface area contributed by atoms with E-state index in [1.54, 1.807) is 0 Å². The van der Waals surface area contributed by atoms with Crippen molar-refractivity contribution in [1.82, 2.24) is 9.78 Å². The summed E-state index contributed by atoms with van der Waals surface area (Å²) in [5, 5.41) is 17.1. The molecular weight excluding hydrogens is 340 g/mol. The van der Waals surface area contributed by atoms with Crippen molar-refractivity contribution in [3.05, 3.63) is 50.7 Å². The van der Waals surface area contributed by atoms with Crippen LogP contribution < -0.4 is 5.32 Å². The molecule has 7 nitrogen and oxygen atoms in total. The number of carbonyl (C=O) groups excluding carboxylic acids is 1. The van der Waals surface area contributed by atoms with Gasteiger partial charge in [-0.05, 0) is 24.6 Å². The van der Waals surface area contributed by atoms with Gasteiger partial charge in [-0.3, -0.25) is 19.6 Å². The SMILES string of the molecule is Cc1ccc(NC(=O)CCn2cc([N+](=O)[O-])cn2)cc1Br. The minimum absolute atomic E-state index is 0.0853. The van der Waals surface area contributed by atoms with Crippen LogP contribution in [0.1, 0.15) is 12.0 Å². The fraction of sp³-hybridized carbons (Fsp3) is 0.231. The van der Waals surface area contributed by atoms with E-state index in [9.17, 15) is 14.9 Å². The van der Waals surface area contributed by atoms with Gasteiger partial charge in [0, 0.05) is 23.1 Å². The van der Waals surface area contributed by atoms with Crippen molar-refractivity contribution in [3.63, 3.8) is 0 Å². The quantitative estimate of drug-likeness (QED) is 0.661. The lowest BCUT2D eigenvalue weighted by Crippen LogP contribution is -2.14. The first kappa shape index (κ1) is 15.2.